The van der Waals surface area contributed by atoms with E-state index in [9.17, 15) is 9.18 Å². The zero-order valence-corrected chi connectivity index (χ0v) is 15.3. The van der Waals surface area contributed by atoms with E-state index in [1.165, 1.54) is 12.1 Å². The highest BCUT2D eigenvalue weighted by atomic mass is 35.5. The lowest BCUT2D eigenvalue weighted by Gasteiger charge is -2.26. The minimum atomic E-state index is -0.555. The van der Waals surface area contributed by atoms with Gasteiger partial charge in [-0.05, 0) is 17.7 Å². The van der Waals surface area contributed by atoms with E-state index < -0.39 is 12.1 Å². The molecule has 2 N–H and O–H groups in total. The molecule has 1 fully saturated rings. The number of aryl methyl sites for hydroxylation is 1. The predicted molar refractivity (Wildman–Crippen MR) is 96.7 cm³/mol. The second-order valence-corrected chi connectivity index (χ2v) is 5.46. The Kier molecular flexibility index (Phi) is 8.31. The number of hydrogen-bond donors (Lipinski definition) is 2. The molecule has 2 aromatic rings. The summed E-state index contributed by atoms with van der Waals surface area (Å²) in [7, 11) is 1.83. The van der Waals surface area contributed by atoms with Crippen molar-refractivity contribution in [2.75, 3.05) is 19.7 Å². The molecule has 0 saturated carbocycles. The van der Waals surface area contributed by atoms with Crippen LogP contribution in [0.25, 0.3) is 0 Å². The molecule has 1 saturated heterocycles. The average Bonchev–Trinajstić information content (AvgIpc) is 2.99. The molecule has 1 amide bonds. The molecule has 2 heterocycles. The quantitative estimate of drug-likeness (QED) is 0.831. The number of carbonyl (C=O) groups excluding carboxylic acids is 1. The highest BCUT2D eigenvalue weighted by Crippen LogP contribution is 2.21. The number of nitrogens with one attached hydrogen (secondary N) is 2. The summed E-state index contributed by atoms with van der Waals surface area (Å²) in [5, 5.41) is 6.04. The molecule has 25 heavy (non-hydrogen) atoms. The molecule has 1 aliphatic heterocycles. The molecule has 1 aromatic carbocycles. The number of halogens is 3. The zero-order chi connectivity index (χ0) is 16.2. The van der Waals surface area contributed by atoms with Crippen LogP contribution in [0, 0.1) is 5.82 Å². The van der Waals surface area contributed by atoms with Crippen LogP contribution in [0.2, 0.25) is 0 Å². The molecule has 1 aliphatic rings. The molecule has 1 aromatic heterocycles. The van der Waals surface area contributed by atoms with E-state index in [1.807, 2.05) is 7.05 Å². The van der Waals surface area contributed by atoms with Gasteiger partial charge in [-0.1, -0.05) is 12.1 Å². The predicted octanol–water partition coefficient (Wildman–Crippen LogP) is 1.60. The zero-order valence-electron chi connectivity index (χ0n) is 13.6. The molecule has 0 radical (unpaired) electrons. The van der Waals surface area contributed by atoms with Gasteiger partial charge in [-0.15, -0.1) is 24.8 Å². The normalized spacial score (nSPS) is 17.8. The Balaban J connectivity index is 0.00000156. The molecule has 0 aliphatic carbocycles. The maximum Gasteiger partial charge on any atom is 0.251 e. The van der Waals surface area contributed by atoms with Crippen LogP contribution in [0.3, 0.4) is 0 Å². The number of imidazole rings is 1. The SMILES string of the molecule is Cl.Cl.Cn1ccnc1C(NC(=O)C1CNCCO1)c1cccc(F)c1. The topological polar surface area (TPSA) is 68.2 Å². The van der Waals surface area contributed by atoms with Gasteiger partial charge in [-0.2, -0.15) is 0 Å². The highest BCUT2D eigenvalue weighted by Gasteiger charge is 2.27. The van der Waals surface area contributed by atoms with E-state index in [1.54, 1.807) is 29.1 Å². The van der Waals surface area contributed by atoms with Crippen LogP contribution in [0.15, 0.2) is 36.7 Å². The van der Waals surface area contributed by atoms with Gasteiger partial charge in [0.25, 0.3) is 5.91 Å². The Bertz CT molecular complexity index is 692. The smallest absolute Gasteiger partial charge is 0.251 e. The first kappa shape index (κ1) is 21.4. The van der Waals surface area contributed by atoms with Crippen LogP contribution in [0.5, 0.6) is 0 Å². The van der Waals surface area contributed by atoms with Gasteiger partial charge in [0.1, 0.15) is 23.8 Å². The molecule has 138 valence electrons. The number of aromatic nitrogens is 2. The largest absolute Gasteiger partial charge is 0.366 e. The number of amides is 1. The monoisotopic (exact) mass is 390 g/mol. The van der Waals surface area contributed by atoms with Gasteiger partial charge in [0.15, 0.2) is 0 Å². The van der Waals surface area contributed by atoms with E-state index in [0.717, 1.165) is 6.54 Å². The van der Waals surface area contributed by atoms with E-state index >= 15 is 0 Å². The molecule has 2 atom stereocenters. The van der Waals surface area contributed by atoms with Gasteiger partial charge >= 0.3 is 0 Å². The van der Waals surface area contributed by atoms with Crippen LogP contribution in [-0.2, 0) is 16.6 Å². The van der Waals surface area contributed by atoms with Crippen LogP contribution >= 0.6 is 24.8 Å². The van der Waals surface area contributed by atoms with Crippen LogP contribution in [0.4, 0.5) is 4.39 Å². The van der Waals surface area contributed by atoms with Crippen molar-refractivity contribution in [3.05, 3.63) is 53.9 Å². The Morgan fingerprint density at radius 1 is 1.48 bits per heavy atom. The molecule has 0 bridgehead atoms. The average molecular weight is 391 g/mol. The van der Waals surface area contributed by atoms with Gasteiger partial charge in [-0.25, -0.2) is 9.37 Å². The Morgan fingerprint density at radius 3 is 2.88 bits per heavy atom. The molecule has 9 heteroatoms. The summed E-state index contributed by atoms with van der Waals surface area (Å²) < 4.78 is 20.9. The fourth-order valence-corrected chi connectivity index (χ4v) is 2.61. The summed E-state index contributed by atoms with van der Waals surface area (Å²) in [5.41, 5.74) is 0.636. The van der Waals surface area contributed by atoms with Crippen LogP contribution in [-0.4, -0.2) is 41.3 Å². The number of benzene rings is 1. The lowest BCUT2D eigenvalue weighted by atomic mass is 10.1. The Morgan fingerprint density at radius 2 is 2.28 bits per heavy atom. The van der Waals surface area contributed by atoms with E-state index in [4.69, 9.17) is 4.74 Å². The first-order valence-corrected chi connectivity index (χ1v) is 7.50. The fourth-order valence-electron chi connectivity index (χ4n) is 2.61. The summed E-state index contributed by atoms with van der Waals surface area (Å²) in [4.78, 5) is 16.8. The standard InChI is InChI=1S/C16H19FN4O2.2ClH/c1-21-7-5-19-15(21)14(11-3-2-4-12(17)9-11)20-16(22)13-10-18-6-8-23-13;;/h2-5,7,9,13-14,18H,6,8,10H2,1H3,(H,20,22);2*1H. The maximum atomic E-state index is 13.6. The number of rotatable bonds is 4. The highest BCUT2D eigenvalue weighted by molar-refractivity contribution is 5.85. The second kappa shape index (κ2) is 9.72. The summed E-state index contributed by atoms with van der Waals surface area (Å²) in [6.07, 6.45) is 2.87. The van der Waals surface area contributed by atoms with Crippen molar-refractivity contribution in [2.24, 2.45) is 7.05 Å². The molecule has 2 unspecified atom stereocenters. The Labute approximate surface area is 158 Å². The van der Waals surface area contributed by atoms with Crippen molar-refractivity contribution in [1.82, 2.24) is 20.2 Å². The molecular formula is C16H21Cl2FN4O2. The molecular weight excluding hydrogens is 370 g/mol. The third-order valence-electron chi connectivity index (χ3n) is 3.81. The van der Waals surface area contributed by atoms with E-state index in [2.05, 4.69) is 15.6 Å². The number of morpholine rings is 1. The van der Waals surface area contributed by atoms with Crippen LogP contribution in [0.1, 0.15) is 17.4 Å². The minimum absolute atomic E-state index is 0. The maximum absolute atomic E-state index is 13.6. The summed E-state index contributed by atoms with van der Waals surface area (Å²) in [6, 6.07) is 5.62. The van der Waals surface area contributed by atoms with Gasteiger partial charge in [-0.3, -0.25) is 4.79 Å². The summed E-state index contributed by atoms with van der Waals surface area (Å²) in [6.45, 7) is 1.68. The van der Waals surface area contributed by atoms with Gasteiger partial charge < -0.3 is 19.9 Å². The third kappa shape index (κ3) is 5.15. The van der Waals surface area contributed by atoms with E-state index in [0.29, 0.717) is 24.5 Å². The van der Waals surface area contributed by atoms with E-state index in [-0.39, 0.29) is 36.5 Å². The summed E-state index contributed by atoms with van der Waals surface area (Å²) in [5.74, 6) is 0.0359. The van der Waals surface area contributed by atoms with Crippen molar-refractivity contribution in [2.45, 2.75) is 12.1 Å². The number of ether oxygens (including phenoxy) is 1. The van der Waals surface area contributed by atoms with Crippen molar-refractivity contribution in [1.29, 1.82) is 0 Å². The second-order valence-electron chi connectivity index (χ2n) is 5.46. The Hall–Kier alpha value is -1.67. The fraction of sp³-hybridized carbons (Fsp3) is 0.375. The van der Waals surface area contributed by atoms with Crippen LogP contribution < -0.4 is 10.6 Å². The first-order valence-electron chi connectivity index (χ1n) is 7.50. The van der Waals surface area contributed by atoms with Crippen molar-refractivity contribution in [3.8, 4) is 0 Å². The summed E-state index contributed by atoms with van der Waals surface area (Å²) >= 11 is 0. The van der Waals surface area contributed by atoms with Crippen molar-refractivity contribution >= 4 is 30.7 Å². The lowest BCUT2D eigenvalue weighted by Crippen LogP contribution is -2.49. The van der Waals surface area contributed by atoms with Gasteiger partial charge in [0, 0.05) is 32.5 Å². The molecule has 0 spiro atoms. The van der Waals surface area contributed by atoms with Gasteiger partial charge in [0.2, 0.25) is 0 Å². The number of nitrogens with zero attached hydrogens (tertiary/aromatic N) is 2. The third-order valence-corrected chi connectivity index (χ3v) is 3.81. The first-order chi connectivity index (χ1) is 11.1. The lowest BCUT2D eigenvalue weighted by molar-refractivity contribution is -0.134. The number of hydrogen-bond acceptors (Lipinski definition) is 4. The molecule has 6 nitrogen and oxygen atoms in total. The van der Waals surface area contributed by atoms with Crippen molar-refractivity contribution in [3.63, 3.8) is 0 Å². The minimum Gasteiger partial charge on any atom is -0.366 e. The number of carbonyl (C=O) groups is 1. The molecule has 3 rings (SSSR count). The van der Waals surface area contributed by atoms with Gasteiger partial charge in [0.05, 0.1) is 6.61 Å². The van der Waals surface area contributed by atoms with Crippen molar-refractivity contribution < 1.29 is 13.9 Å².